The predicted octanol–water partition coefficient (Wildman–Crippen LogP) is 1.42. The number of rotatable bonds is 8. The van der Waals surface area contributed by atoms with Crippen LogP contribution >= 0.6 is 11.8 Å². The Labute approximate surface area is 114 Å². The molecule has 1 fully saturated rings. The molecule has 0 saturated heterocycles. The SMILES string of the molecule is COCCSCC(=O)NCC1(CO)CCCCC1. The van der Waals surface area contributed by atoms with Crippen molar-refractivity contribution in [3.05, 3.63) is 0 Å². The highest BCUT2D eigenvalue weighted by atomic mass is 32.2. The number of thioether (sulfide) groups is 1. The second-order valence-electron chi connectivity index (χ2n) is 5.04. The Bertz CT molecular complexity index is 242. The molecule has 0 aromatic carbocycles. The minimum absolute atomic E-state index is 0.0644. The van der Waals surface area contributed by atoms with E-state index < -0.39 is 0 Å². The molecule has 0 radical (unpaired) electrons. The Morgan fingerprint density at radius 1 is 1.39 bits per heavy atom. The molecule has 1 amide bonds. The number of carbonyl (C=O) groups is 1. The van der Waals surface area contributed by atoms with Gasteiger partial charge in [0.25, 0.3) is 0 Å². The predicted molar refractivity (Wildman–Crippen MR) is 74.8 cm³/mol. The van der Waals surface area contributed by atoms with Gasteiger partial charge in [-0.1, -0.05) is 19.3 Å². The van der Waals surface area contributed by atoms with E-state index in [0.29, 0.717) is 18.9 Å². The first-order chi connectivity index (χ1) is 8.72. The molecule has 1 aliphatic carbocycles. The summed E-state index contributed by atoms with van der Waals surface area (Å²) in [6, 6.07) is 0. The first-order valence-corrected chi connectivity index (χ1v) is 7.82. The van der Waals surface area contributed by atoms with Crippen molar-refractivity contribution in [1.82, 2.24) is 5.32 Å². The maximum atomic E-state index is 11.7. The van der Waals surface area contributed by atoms with Crippen LogP contribution in [0.2, 0.25) is 0 Å². The number of aliphatic hydroxyl groups is 1. The normalized spacial score (nSPS) is 18.6. The number of amides is 1. The van der Waals surface area contributed by atoms with E-state index >= 15 is 0 Å². The van der Waals surface area contributed by atoms with Crippen LogP contribution in [0.4, 0.5) is 0 Å². The van der Waals surface area contributed by atoms with Crippen molar-refractivity contribution in [1.29, 1.82) is 0 Å². The van der Waals surface area contributed by atoms with E-state index in [9.17, 15) is 9.90 Å². The number of carbonyl (C=O) groups excluding carboxylic acids is 1. The summed E-state index contributed by atoms with van der Waals surface area (Å²) in [5, 5.41) is 12.5. The standard InChI is InChI=1S/C13H25NO3S/c1-17-7-8-18-9-12(16)14-10-13(11-15)5-3-2-4-6-13/h15H,2-11H2,1H3,(H,14,16). The molecule has 0 aromatic rings. The van der Waals surface area contributed by atoms with Crippen molar-refractivity contribution in [2.45, 2.75) is 32.1 Å². The molecule has 0 unspecified atom stereocenters. The Hall–Kier alpha value is -0.260. The lowest BCUT2D eigenvalue weighted by Gasteiger charge is -2.35. The molecule has 1 rings (SSSR count). The van der Waals surface area contributed by atoms with E-state index in [-0.39, 0.29) is 17.9 Å². The van der Waals surface area contributed by atoms with Crippen molar-refractivity contribution in [2.75, 3.05) is 38.4 Å². The Morgan fingerprint density at radius 3 is 2.72 bits per heavy atom. The van der Waals surface area contributed by atoms with Crippen LogP contribution in [0, 0.1) is 5.41 Å². The van der Waals surface area contributed by atoms with Crippen LogP contribution in [0.3, 0.4) is 0 Å². The third-order valence-corrected chi connectivity index (χ3v) is 4.50. The molecule has 0 aliphatic heterocycles. The van der Waals surface area contributed by atoms with Crippen molar-refractivity contribution in [3.63, 3.8) is 0 Å². The summed E-state index contributed by atoms with van der Waals surface area (Å²) in [6.45, 7) is 1.48. The first kappa shape index (κ1) is 15.8. The lowest BCUT2D eigenvalue weighted by atomic mass is 9.74. The van der Waals surface area contributed by atoms with Crippen LogP contribution in [0.1, 0.15) is 32.1 Å². The van der Waals surface area contributed by atoms with Gasteiger partial charge in [0, 0.05) is 24.8 Å². The molecule has 0 bridgehead atoms. The summed E-state index contributed by atoms with van der Waals surface area (Å²) in [6.07, 6.45) is 5.64. The van der Waals surface area contributed by atoms with Gasteiger partial charge in [-0.05, 0) is 12.8 Å². The summed E-state index contributed by atoms with van der Waals surface area (Å²) in [7, 11) is 1.66. The van der Waals surface area contributed by atoms with Crippen LogP contribution in [0.25, 0.3) is 0 Å². The minimum atomic E-state index is -0.0644. The Morgan fingerprint density at radius 2 is 2.11 bits per heavy atom. The number of hydrogen-bond acceptors (Lipinski definition) is 4. The largest absolute Gasteiger partial charge is 0.396 e. The third-order valence-electron chi connectivity index (χ3n) is 3.58. The second-order valence-corrected chi connectivity index (χ2v) is 6.15. The van der Waals surface area contributed by atoms with Gasteiger partial charge in [0.15, 0.2) is 0 Å². The van der Waals surface area contributed by atoms with Crippen LogP contribution < -0.4 is 5.32 Å². The Kier molecular flexibility index (Phi) is 7.70. The summed E-state index contributed by atoms with van der Waals surface area (Å²) in [4.78, 5) is 11.7. The fourth-order valence-corrected chi connectivity index (χ4v) is 3.05. The van der Waals surface area contributed by atoms with Gasteiger partial charge in [0.1, 0.15) is 0 Å². The van der Waals surface area contributed by atoms with Crippen molar-refractivity contribution < 1.29 is 14.6 Å². The molecule has 1 aliphatic rings. The summed E-state index contributed by atoms with van der Waals surface area (Å²) >= 11 is 1.58. The molecule has 18 heavy (non-hydrogen) atoms. The minimum Gasteiger partial charge on any atom is -0.396 e. The molecule has 5 heteroatoms. The van der Waals surface area contributed by atoms with Crippen molar-refractivity contribution >= 4 is 17.7 Å². The van der Waals surface area contributed by atoms with Gasteiger partial charge in [0.05, 0.1) is 19.0 Å². The zero-order chi connectivity index (χ0) is 13.3. The summed E-state index contributed by atoms with van der Waals surface area (Å²) in [5.41, 5.74) is -0.0644. The van der Waals surface area contributed by atoms with E-state index in [1.807, 2.05) is 0 Å². The molecule has 106 valence electrons. The van der Waals surface area contributed by atoms with Gasteiger partial charge in [-0.15, -0.1) is 11.8 Å². The molecule has 0 aromatic heterocycles. The fraction of sp³-hybridized carbons (Fsp3) is 0.923. The van der Waals surface area contributed by atoms with Crippen LogP contribution in [0.15, 0.2) is 0 Å². The van der Waals surface area contributed by atoms with Gasteiger partial charge >= 0.3 is 0 Å². The highest BCUT2D eigenvalue weighted by Crippen LogP contribution is 2.35. The molecule has 0 heterocycles. The second kappa shape index (κ2) is 8.77. The quantitative estimate of drug-likeness (QED) is 0.658. The summed E-state index contributed by atoms with van der Waals surface area (Å²) in [5.74, 6) is 1.38. The molecule has 0 atom stereocenters. The maximum absolute atomic E-state index is 11.7. The van der Waals surface area contributed by atoms with Gasteiger partial charge in [-0.3, -0.25) is 4.79 Å². The van der Waals surface area contributed by atoms with Gasteiger partial charge in [0.2, 0.25) is 5.91 Å². The van der Waals surface area contributed by atoms with Crippen LogP contribution in [0.5, 0.6) is 0 Å². The zero-order valence-electron chi connectivity index (χ0n) is 11.2. The fourth-order valence-electron chi connectivity index (χ4n) is 2.34. The lowest BCUT2D eigenvalue weighted by molar-refractivity contribution is -0.119. The van der Waals surface area contributed by atoms with E-state index in [4.69, 9.17) is 4.74 Å². The number of aliphatic hydroxyl groups excluding tert-OH is 1. The molecular formula is C13H25NO3S. The van der Waals surface area contributed by atoms with E-state index in [1.54, 1.807) is 18.9 Å². The molecule has 1 saturated carbocycles. The van der Waals surface area contributed by atoms with Crippen LogP contribution in [-0.4, -0.2) is 49.4 Å². The maximum Gasteiger partial charge on any atom is 0.230 e. The topological polar surface area (TPSA) is 58.6 Å². The number of ether oxygens (including phenoxy) is 1. The smallest absolute Gasteiger partial charge is 0.230 e. The average Bonchev–Trinajstić information content (AvgIpc) is 2.42. The summed E-state index contributed by atoms with van der Waals surface area (Å²) < 4.78 is 4.93. The lowest BCUT2D eigenvalue weighted by Crippen LogP contribution is -2.42. The van der Waals surface area contributed by atoms with Gasteiger partial charge < -0.3 is 15.2 Å². The van der Waals surface area contributed by atoms with E-state index in [2.05, 4.69) is 5.32 Å². The molecular weight excluding hydrogens is 250 g/mol. The highest BCUT2D eigenvalue weighted by Gasteiger charge is 2.31. The highest BCUT2D eigenvalue weighted by molar-refractivity contribution is 7.99. The average molecular weight is 275 g/mol. The van der Waals surface area contributed by atoms with E-state index in [1.165, 1.54) is 19.3 Å². The number of nitrogens with one attached hydrogen (secondary N) is 1. The molecule has 0 spiro atoms. The van der Waals surface area contributed by atoms with Crippen molar-refractivity contribution in [2.24, 2.45) is 5.41 Å². The van der Waals surface area contributed by atoms with Gasteiger partial charge in [-0.2, -0.15) is 0 Å². The third kappa shape index (κ3) is 5.59. The van der Waals surface area contributed by atoms with Crippen LogP contribution in [-0.2, 0) is 9.53 Å². The number of methoxy groups -OCH3 is 1. The van der Waals surface area contributed by atoms with E-state index in [0.717, 1.165) is 18.6 Å². The van der Waals surface area contributed by atoms with Crippen molar-refractivity contribution in [3.8, 4) is 0 Å². The van der Waals surface area contributed by atoms with Gasteiger partial charge in [-0.25, -0.2) is 0 Å². The number of hydrogen-bond donors (Lipinski definition) is 2. The monoisotopic (exact) mass is 275 g/mol. The molecule has 4 nitrogen and oxygen atoms in total. The molecule has 2 N–H and O–H groups in total. The first-order valence-electron chi connectivity index (χ1n) is 6.67. The Balaban J connectivity index is 2.19. The zero-order valence-corrected chi connectivity index (χ0v) is 12.1.